The lowest BCUT2D eigenvalue weighted by Gasteiger charge is -2.31. The van der Waals surface area contributed by atoms with Crippen molar-refractivity contribution in [3.63, 3.8) is 0 Å². The summed E-state index contributed by atoms with van der Waals surface area (Å²) in [6, 6.07) is 16.2. The van der Waals surface area contributed by atoms with Gasteiger partial charge in [-0.25, -0.2) is 4.98 Å². The van der Waals surface area contributed by atoms with E-state index in [9.17, 15) is 4.79 Å². The van der Waals surface area contributed by atoms with Gasteiger partial charge in [0.05, 0.1) is 36.4 Å². The van der Waals surface area contributed by atoms with Crippen LogP contribution in [0.4, 0.5) is 0 Å². The van der Waals surface area contributed by atoms with Crippen LogP contribution in [0.2, 0.25) is 0 Å². The maximum absolute atomic E-state index is 12.5. The molecule has 0 spiro atoms. The molecule has 0 aliphatic carbocycles. The number of fused-ring (bicyclic) bond motifs is 1. The first-order chi connectivity index (χ1) is 13.7. The van der Waals surface area contributed by atoms with Crippen molar-refractivity contribution in [2.45, 2.75) is 19.9 Å². The molecule has 6 heteroatoms. The van der Waals surface area contributed by atoms with Crippen molar-refractivity contribution in [1.29, 1.82) is 0 Å². The number of piperazine rings is 1. The minimum atomic E-state index is 0.0703. The van der Waals surface area contributed by atoms with Gasteiger partial charge in [-0.3, -0.25) is 4.79 Å². The molecule has 2 heterocycles. The predicted octanol–water partition coefficient (Wildman–Crippen LogP) is 2.16. The second-order valence-corrected chi connectivity index (χ2v) is 8.29. The molecule has 28 heavy (non-hydrogen) atoms. The number of nitrogens with zero attached hydrogens (tertiary/aromatic N) is 2. The number of benzene rings is 2. The number of aromatic nitrogens is 1. The Labute approximate surface area is 169 Å². The van der Waals surface area contributed by atoms with Gasteiger partial charge >= 0.3 is 0 Å². The Morgan fingerprint density at radius 3 is 2.79 bits per heavy atom. The van der Waals surface area contributed by atoms with Gasteiger partial charge in [-0.1, -0.05) is 31.2 Å². The number of quaternary nitrogens is 1. The number of carbonyl (C=O) groups is 1. The molecular weight excluding hydrogens is 370 g/mol. The minimum Gasteiger partial charge on any atom is -0.484 e. The number of rotatable bonds is 6. The highest BCUT2D eigenvalue weighted by molar-refractivity contribution is 7.18. The van der Waals surface area contributed by atoms with Gasteiger partial charge < -0.3 is 14.5 Å². The lowest BCUT2D eigenvalue weighted by Crippen LogP contribution is -3.13. The van der Waals surface area contributed by atoms with Crippen LogP contribution < -0.4 is 9.64 Å². The van der Waals surface area contributed by atoms with Crippen LogP contribution in [0, 0.1) is 0 Å². The fourth-order valence-corrected chi connectivity index (χ4v) is 4.59. The summed E-state index contributed by atoms with van der Waals surface area (Å²) < 4.78 is 6.96. The Bertz CT molecular complexity index is 915. The molecule has 1 saturated heterocycles. The zero-order valence-electron chi connectivity index (χ0n) is 16.2. The number of thiazole rings is 1. The summed E-state index contributed by atoms with van der Waals surface area (Å²) >= 11 is 1.77. The monoisotopic (exact) mass is 396 g/mol. The van der Waals surface area contributed by atoms with Crippen LogP contribution in [-0.2, 0) is 17.8 Å². The number of aryl methyl sites for hydroxylation is 1. The summed E-state index contributed by atoms with van der Waals surface area (Å²) in [6.07, 6.45) is 0.963. The van der Waals surface area contributed by atoms with Gasteiger partial charge in [0.1, 0.15) is 17.3 Å². The first-order valence-electron chi connectivity index (χ1n) is 9.89. The summed E-state index contributed by atoms with van der Waals surface area (Å²) in [6.45, 7) is 6.61. The molecule has 1 fully saturated rings. The van der Waals surface area contributed by atoms with E-state index in [4.69, 9.17) is 9.72 Å². The predicted molar refractivity (Wildman–Crippen MR) is 112 cm³/mol. The molecule has 0 unspecified atom stereocenters. The summed E-state index contributed by atoms with van der Waals surface area (Å²) in [5.74, 6) is 0.841. The number of amides is 1. The van der Waals surface area contributed by atoms with Crippen LogP contribution in [0.3, 0.4) is 0 Å². The van der Waals surface area contributed by atoms with Crippen molar-refractivity contribution >= 4 is 27.5 Å². The second-order valence-electron chi connectivity index (χ2n) is 7.17. The number of hydrogen-bond acceptors (Lipinski definition) is 4. The van der Waals surface area contributed by atoms with Crippen LogP contribution in [0.15, 0.2) is 48.5 Å². The molecule has 2 aromatic carbocycles. The highest BCUT2D eigenvalue weighted by atomic mass is 32.1. The van der Waals surface area contributed by atoms with E-state index in [1.165, 1.54) is 20.2 Å². The minimum absolute atomic E-state index is 0.0703. The Morgan fingerprint density at radius 2 is 2.00 bits per heavy atom. The fraction of sp³-hybridized carbons (Fsp3) is 0.364. The lowest BCUT2D eigenvalue weighted by molar-refractivity contribution is -0.917. The van der Waals surface area contributed by atoms with Crippen LogP contribution in [-0.4, -0.2) is 48.6 Å². The van der Waals surface area contributed by atoms with Crippen LogP contribution in [0.5, 0.6) is 5.75 Å². The number of para-hydroxylation sites is 1. The maximum atomic E-state index is 12.5. The Hall–Kier alpha value is -2.44. The van der Waals surface area contributed by atoms with E-state index in [2.05, 4.69) is 31.2 Å². The Balaban J connectivity index is 1.25. The van der Waals surface area contributed by atoms with Crippen molar-refractivity contribution < 1.29 is 14.4 Å². The zero-order valence-corrected chi connectivity index (χ0v) is 17.0. The number of nitrogens with one attached hydrogen (secondary N) is 1. The van der Waals surface area contributed by atoms with E-state index in [1.807, 2.05) is 29.2 Å². The number of hydrogen-bond donors (Lipinski definition) is 1. The van der Waals surface area contributed by atoms with Crippen molar-refractivity contribution in [1.82, 2.24) is 9.88 Å². The average molecular weight is 397 g/mol. The molecule has 3 aromatic rings. The molecule has 1 N–H and O–H groups in total. The SMILES string of the molecule is CCc1cccc(OCC(=O)N2CC[NH+](Cc3nc4ccccc4s3)CC2)c1. The third kappa shape index (κ3) is 4.51. The number of ether oxygens (including phenoxy) is 1. The molecule has 0 radical (unpaired) electrons. The van der Waals surface area contributed by atoms with Gasteiger partial charge in [-0.05, 0) is 36.2 Å². The Kier molecular flexibility index (Phi) is 5.88. The third-order valence-corrected chi connectivity index (χ3v) is 6.27. The lowest BCUT2D eigenvalue weighted by atomic mass is 10.2. The third-order valence-electron chi connectivity index (χ3n) is 5.23. The van der Waals surface area contributed by atoms with Gasteiger partial charge in [0, 0.05) is 0 Å². The first kappa shape index (κ1) is 18.9. The van der Waals surface area contributed by atoms with Gasteiger partial charge in [0.15, 0.2) is 6.61 Å². The molecule has 0 bridgehead atoms. The highest BCUT2D eigenvalue weighted by Gasteiger charge is 2.24. The van der Waals surface area contributed by atoms with E-state index in [-0.39, 0.29) is 12.5 Å². The quantitative estimate of drug-likeness (QED) is 0.695. The van der Waals surface area contributed by atoms with Crippen LogP contribution >= 0.6 is 11.3 Å². The second kappa shape index (κ2) is 8.71. The molecule has 1 amide bonds. The molecule has 1 aliphatic rings. The largest absolute Gasteiger partial charge is 0.484 e. The molecule has 1 aliphatic heterocycles. The fourth-order valence-electron chi connectivity index (χ4n) is 3.55. The molecule has 5 nitrogen and oxygen atoms in total. The standard InChI is InChI=1S/C22H25N3O2S/c1-2-17-6-5-7-18(14-17)27-16-22(26)25-12-10-24(11-13-25)15-21-23-19-8-3-4-9-20(19)28-21/h3-9,14H,2,10-13,15-16H2,1H3/p+1. The van der Waals surface area contributed by atoms with Crippen molar-refractivity contribution in [3.05, 3.63) is 59.1 Å². The summed E-state index contributed by atoms with van der Waals surface area (Å²) in [4.78, 5) is 20.6. The Morgan fingerprint density at radius 1 is 1.18 bits per heavy atom. The molecule has 146 valence electrons. The molecule has 4 rings (SSSR count). The van der Waals surface area contributed by atoms with E-state index < -0.39 is 0 Å². The molecule has 1 aromatic heterocycles. The van der Waals surface area contributed by atoms with Gasteiger partial charge in [0.25, 0.3) is 5.91 Å². The smallest absolute Gasteiger partial charge is 0.260 e. The normalized spacial score (nSPS) is 15.1. The van der Waals surface area contributed by atoms with Gasteiger partial charge in [-0.2, -0.15) is 0 Å². The number of carbonyl (C=O) groups excluding carboxylic acids is 1. The molecule has 0 saturated carbocycles. The van der Waals surface area contributed by atoms with Crippen molar-refractivity contribution in [3.8, 4) is 5.75 Å². The van der Waals surface area contributed by atoms with Gasteiger partial charge in [0.2, 0.25) is 0 Å². The van der Waals surface area contributed by atoms with Crippen LogP contribution in [0.25, 0.3) is 10.2 Å². The van der Waals surface area contributed by atoms with E-state index >= 15 is 0 Å². The van der Waals surface area contributed by atoms with E-state index in [1.54, 1.807) is 11.3 Å². The summed E-state index contributed by atoms with van der Waals surface area (Å²) in [5, 5.41) is 1.18. The van der Waals surface area contributed by atoms with Crippen LogP contribution in [0.1, 0.15) is 17.5 Å². The van der Waals surface area contributed by atoms with Gasteiger partial charge in [-0.15, -0.1) is 11.3 Å². The van der Waals surface area contributed by atoms with E-state index in [0.29, 0.717) is 0 Å². The topological polar surface area (TPSA) is 46.9 Å². The molecular formula is C22H26N3O2S+. The van der Waals surface area contributed by atoms with Crippen molar-refractivity contribution in [2.24, 2.45) is 0 Å². The average Bonchev–Trinajstić information content (AvgIpc) is 3.15. The molecule has 0 atom stereocenters. The highest BCUT2D eigenvalue weighted by Crippen LogP contribution is 2.20. The van der Waals surface area contributed by atoms with Crippen molar-refractivity contribution in [2.75, 3.05) is 32.8 Å². The summed E-state index contributed by atoms with van der Waals surface area (Å²) in [7, 11) is 0. The zero-order chi connectivity index (χ0) is 19.3. The first-order valence-corrected chi connectivity index (χ1v) is 10.7. The van der Waals surface area contributed by atoms with E-state index in [0.717, 1.165) is 50.4 Å². The summed E-state index contributed by atoms with van der Waals surface area (Å²) in [5.41, 5.74) is 2.30. The maximum Gasteiger partial charge on any atom is 0.260 e.